The van der Waals surface area contributed by atoms with Gasteiger partial charge in [-0.25, -0.2) is 8.42 Å². The number of hydrogen-bond donors (Lipinski definition) is 1. The highest BCUT2D eigenvalue weighted by atomic mass is 32.2. The molecule has 1 aliphatic carbocycles. The topological polar surface area (TPSA) is 63.4 Å². The van der Waals surface area contributed by atoms with Gasteiger partial charge >= 0.3 is 0 Å². The first-order chi connectivity index (χ1) is 8.00. The number of thiophene rings is 1. The van der Waals surface area contributed by atoms with Crippen LogP contribution in [0.25, 0.3) is 0 Å². The maximum atomic E-state index is 12.4. The van der Waals surface area contributed by atoms with Crippen molar-refractivity contribution in [2.75, 3.05) is 6.54 Å². The van der Waals surface area contributed by atoms with Gasteiger partial charge in [-0.2, -0.15) is 4.31 Å². The van der Waals surface area contributed by atoms with E-state index in [9.17, 15) is 8.42 Å². The van der Waals surface area contributed by atoms with Gasteiger partial charge in [0.2, 0.25) is 0 Å². The predicted octanol–water partition coefficient (Wildman–Crippen LogP) is 1.69. The molecule has 0 spiro atoms. The molecule has 0 amide bonds. The van der Waals surface area contributed by atoms with E-state index >= 15 is 0 Å². The molecule has 1 saturated carbocycles. The van der Waals surface area contributed by atoms with E-state index in [1.165, 1.54) is 11.3 Å². The van der Waals surface area contributed by atoms with E-state index in [1.807, 2.05) is 13.8 Å². The van der Waals surface area contributed by atoms with Gasteiger partial charge in [0.15, 0.2) is 0 Å². The maximum Gasteiger partial charge on any atom is 0.252 e. The van der Waals surface area contributed by atoms with Crippen molar-refractivity contribution in [3.05, 3.63) is 16.5 Å². The molecule has 1 aliphatic rings. The van der Waals surface area contributed by atoms with Crippen molar-refractivity contribution in [3.8, 4) is 0 Å². The SMILES string of the molecule is CCN(C1CC1)S(=O)(=O)c1cc(C)c(CN)s1. The second-order valence-electron chi connectivity index (χ2n) is 4.32. The zero-order valence-electron chi connectivity index (χ0n) is 10.1. The molecule has 1 fully saturated rings. The van der Waals surface area contributed by atoms with Crippen LogP contribution in [0.15, 0.2) is 10.3 Å². The fraction of sp³-hybridized carbons (Fsp3) is 0.636. The van der Waals surface area contributed by atoms with Gasteiger partial charge in [0, 0.05) is 24.0 Å². The summed E-state index contributed by atoms with van der Waals surface area (Å²) >= 11 is 1.30. The summed E-state index contributed by atoms with van der Waals surface area (Å²) in [4.78, 5) is 0.954. The van der Waals surface area contributed by atoms with Gasteiger partial charge in [0.25, 0.3) is 10.0 Å². The van der Waals surface area contributed by atoms with Gasteiger partial charge in [-0.05, 0) is 31.4 Å². The summed E-state index contributed by atoms with van der Waals surface area (Å²) in [6, 6.07) is 1.96. The molecule has 0 aliphatic heterocycles. The van der Waals surface area contributed by atoms with Crippen LogP contribution in [0, 0.1) is 6.92 Å². The smallest absolute Gasteiger partial charge is 0.252 e. The third kappa shape index (κ3) is 2.40. The molecule has 0 bridgehead atoms. The number of nitrogens with zero attached hydrogens (tertiary/aromatic N) is 1. The largest absolute Gasteiger partial charge is 0.326 e. The molecular weight excluding hydrogens is 256 g/mol. The molecule has 1 heterocycles. The van der Waals surface area contributed by atoms with Gasteiger partial charge in [-0.1, -0.05) is 6.92 Å². The minimum absolute atomic E-state index is 0.216. The van der Waals surface area contributed by atoms with Crippen molar-refractivity contribution < 1.29 is 8.42 Å². The van der Waals surface area contributed by atoms with E-state index in [4.69, 9.17) is 5.73 Å². The quantitative estimate of drug-likeness (QED) is 0.888. The Morgan fingerprint density at radius 1 is 1.53 bits per heavy atom. The first-order valence-corrected chi connectivity index (χ1v) is 8.07. The van der Waals surface area contributed by atoms with Crippen LogP contribution in [0.4, 0.5) is 0 Å². The molecule has 0 unspecified atom stereocenters. The van der Waals surface area contributed by atoms with Gasteiger partial charge < -0.3 is 5.73 Å². The Balaban J connectivity index is 2.36. The number of hydrogen-bond acceptors (Lipinski definition) is 4. The maximum absolute atomic E-state index is 12.4. The van der Waals surface area contributed by atoms with E-state index in [0.717, 1.165) is 23.3 Å². The van der Waals surface area contributed by atoms with Crippen molar-refractivity contribution in [3.63, 3.8) is 0 Å². The molecule has 0 atom stereocenters. The number of rotatable bonds is 5. The van der Waals surface area contributed by atoms with E-state index in [0.29, 0.717) is 17.3 Å². The lowest BCUT2D eigenvalue weighted by Gasteiger charge is -2.18. The van der Waals surface area contributed by atoms with Crippen LogP contribution < -0.4 is 5.73 Å². The summed E-state index contributed by atoms with van der Waals surface area (Å²) in [5.74, 6) is 0. The molecule has 17 heavy (non-hydrogen) atoms. The van der Waals surface area contributed by atoms with Crippen molar-refractivity contribution in [1.82, 2.24) is 4.31 Å². The Morgan fingerprint density at radius 3 is 2.59 bits per heavy atom. The van der Waals surface area contributed by atoms with Crippen LogP contribution in [0.1, 0.15) is 30.2 Å². The Hall–Kier alpha value is -0.430. The highest BCUT2D eigenvalue weighted by molar-refractivity contribution is 7.91. The van der Waals surface area contributed by atoms with Crippen LogP contribution in [-0.2, 0) is 16.6 Å². The second kappa shape index (κ2) is 4.68. The zero-order chi connectivity index (χ0) is 12.6. The summed E-state index contributed by atoms with van der Waals surface area (Å²) in [5, 5.41) is 0. The Morgan fingerprint density at radius 2 is 2.18 bits per heavy atom. The zero-order valence-corrected chi connectivity index (χ0v) is 11.8. The lowest BCUT2D eigenvalue weighted by molar-refractivity contribution is 0.422. The average Bonchev–Trinajstić information content (AvgIpc) is 3.01. The fourth-order valence-corrected chi connectivity index (χ4v) is 5.21. The van der Waals surface area contributed by atoms with Crippen molar-refractivity contribution in [2.24, 2.45) is 5.73 Å². The highest BCUT2D eigenvalue weighted by Gasteiger charge is 2.37. The number of aryl methyl sites for hydroxylation is 1. The molecule has 0 saturated heterocycles. The molecular formula is C11H18N2O2S2. The Bertz CT molecular complexity index is 504. The minimum Gasteiger partial charge on any atom is -0.326 e. The fourth-order valence-electron chi connectivity index (χ4n) is 1.92. The molecule has 1 aromatic rings. The lowest BCUT2D eigenvalue weighted by atomic mass is 10.3. The van der Waals surface area contributed by atoms with Crippen LogP contribution in [0.3, 0.4) is 0 Å². The standard InChI is InChI=1S/C11H18N2O2S2/c1-3-13(9-4-5-9)17(14,15)11-6-8(2)10(7-12)16-11/h6,9H,3-5,7,12H2,1-2H3. The van der Waals surface area contributed by atoms with E-state index in [-0.39, 0.29) is 6.04 Å². The van der Waals surface area contributed by atoms with Crippen LogP contribution in [0.2, 0.25) is 0 Å². The highest BCUT2D eigenvalue weighted by Crippen LogP contribution is 2.35. The minimum atomic E-state index is -3.30. The summed E-state index contributed by atoms with van der Waals surface area (Å²) in [6.07, 6.45) is 1.97. The van der Waals surface area contributed by atoms with E-state index in [1.54, 1.807) is 10.4 Å². The summed E-state index contributed by atoms with van der Waals surface area (Å²) < 4.78 is 26.9. The molecule has 2 N–H and O–H groups in total. The normalized spacial score (nSPS) is 16.7. The van der Waals surface area contributed by atoms with Gasteiger partial charge in [-0.3, -0.25) is 0 Å². The molecule has 2 rings (SSSR count). The van der Waals surface area contributed by atoms with Crippen LogP contribution in [-0.4, -0.2) is 25.3 Å². The number of sulfonamides is 1. The van der Waals surface area contributed by atoms with Crippen molar-refractivity contribution in [1.29, 1.82) is 0 Å². The summed E-state index contributed by atoms with van der Waals surface area (Å²) in [6.45, 7) is 4.74. The van der Waals surface area contributed by atoms with Crippen molar-refractivity contribution in [2.45, 2.75) is 43.5 Å². The molecule has 96 valence electrons. The molecule has 4 nitrogen and oxygen atoms in total. The van der Waals surface area contributed by atoms with Gasteiger partial charge in [-0.15, -0.1) is 11.3 Å². The van der Waals surface area contributed by atoms with E-state index in [2.05, 4.69) is 0 Å². The predicted molar refractivity (Wildman–Crippen MR) is 69.5 cm³/mol. The molecule has 1 aromatic heterocycles. The summed E-state index contributed by atoms with van der Waals surface area (Å²) in [7, 11) is -3.30. The molecule has 0 radical (unpaired) electrons. The van der Waals surface area contributed by atoms with Gasteiger partial charge in [0.05, 0.1) is 0 Å². The Kier molecular flexibility index (Phi) is 3.58. The Labute approximate surface area is 106 Å². The monoisotopic (exact) mass is 274 g/mol. The van der Waals surface area contributed by atoms with Crippen LogP contribution in [0.5, 0.6) is 0 Å². The number of nitrogens with two attached hydrogens (primary N) is 1. The first kappa shape index (κ1) is 13.0. The molecule has 6 heteroatoms. The third-order valence-corrected chi connectivity index (χ3v) is 6.75. The third-order valence-electron chi connectivity index (χ3n) is 3.01. The second-order valence-corrected chi connectivity index (χ2v) is 7.57. The van der Waals surface area contributed by atoms with Gasteiger partial charge in [0.1, 0.15) is 4.21 Å². The van der Waals surface area contributed by atoms with E-state index < -0.39 is 10.0 Å². The van der Waals surface area contributed by atoms with Crippen molar-refractivity contribution >= 4 is 21.4 Å². The average molecular weight is 274 g/mol. The van der Waals surface area contributed by atoms with Crippen LogP contribution >= 0.6 is 11.3 Å². The lowest BCUT2D eigenvalue weighted by Crippen LogP contribution is -2.32. The molecule has 0 aromatic carbocycles. The summed E-state index contributed by atoms with van der Waals surface area (Å²) in [5.41, 5.74) is 6.56. The first-order valence-electron chi connectivity index (χ1n) is 5.82.